The predicted molar refractivity (Wildman–Crippen MR) is 61.4 cm³/mol. The summed E-state index contributed by atoms with van der Waals surface area (Å²) >= 11 is 5.82. The van der Waals surface area contributed by atoms with Crippen LogP contribution in [-0.2, 0) is 0 Å². The van der Waals surface area contributed by atoms with Crippen LogP contribution in [0.4, 0.5) is 0 Å². The molecular weight excluding hydrogens is 214 g/mol. The monoisotopic (exact) mass is 229 g/mol. The number of hydrogen-bond donors (Lipinski definition) is 2. The zero-order valence-corrected chi connectivity index (χ0v) is 9.50. The first kappa shape index (κ1) is 12.3. The van der Waals surface area contributed by atoms with Crippen LogP contribution in [0.3, 0.4) is 0 Å². The fourth-order valence-electron chi connectivity index (χ4n) is 1.19. The van der Waals surface area contributed by atoms with E-state index in [1.807, 2.05) is 19.1 Å². The molecular formula is C11H16ClNO2. The summed E-state index contributed by atoms with van der Waals surface area (Å²) in [6.45, 7) is 2.43. The molecule has 0 fully saturated rings. The Kier molecular flexibility index (Phi) is 4.88. The minimum absolute atomic E-state index is 0.0110. The molecule has 1 rings (SSSR count). The molecule has 1 aromatic rings. The van der Waals surface area contributed by atoms with E-state index in [4.69, 9.17) is 27.2 Å². The normalized spacial score (nSPS) is 12.5. The summed E-state index contributed by atoms with van der Waals surface area (Å²) in [5.74, 6) is 0.810. The van der Waals surface area contributed by atoms with Gasteiger partial charge in [0, 0.05) is 11.1 Å². The number of ether oxygens (including phenoxy) is 1. The molecule has 0 aromatic heterocycles. The zero-order chi connectivity index (χ0) is 11.3. The Hall–Kier alpha value is -0.770. The lowest BCUT2D eigenvalue weighted by Crippen LogP contribution is -2.26. The molecule has 0 aliphatic carbocycles. The van der Waals surface area contributed by atoms with Crippen LogP contribution >= 0.6 is 11.6 Å². The van der Waals surface area contributed by atoms with Crippen molar-refractivity contribution in [3.8, 4) is 5.75 Å². The highest BCUT2D eigenvalue weighted by molar-refractivity contribution is 6.30. The molecule has 0 saturated carbocycles. The number of halogens is 1. The Balaban J connectivity index is 2.44. The molecule has 1 atom stereocenters. The molecule has 0 radical (unpaired) electrons. The van der Waals surface area contributed by atoms with E-state index in [2.05, 4.69) is 0 Å². The molecule has 0 saturated heterocycles. The summed E-state index contributed by atoms with van der Waals surface area (Å²) in [5, 5.41) is 9.43. The summed E-state index contributed by atoms with van der Waals surface area (Å²) in [6.07, 6.45) is 0.637. The topological polar surface area (TPSA) is 55.5 Å². The van der Waals surface area contributed by atoms with Crippen molar-refractivity contribution in [2.24, 2.45) is 5.73 Å². The average molecular weight is 230 g/mol. The number of hydrogen-bond acceptors (Lipinski definition) is 3. The highest BCUT2D eigenvalue weighted by Gasteiger charge is 2.03. The maximum absolute atomic E-state index is 8.72. The van der Waals surface area contributed by atoms with E-state index < -0.39 is 0 Å². The zero-order valence-electron chi connectivity index (χ0n) is 8.74. The van der Waals surface area contributed by atoms with Crippen molar-refractivity contribution in [3.63, 3.8) is 0 Å². The van der Waals surface area contributed by atoms with Crippen molar-refractivity contribution in [3.05, 3.63) is 28.8 Å². The largest absolute Gasteiger partial charge is 0.493 e. The average Bonchev–Trinajstić information content (AvgIpc) is 2.21. The molecule has 0 bridgehead atoms. The van der Waals surface area contributed by atoms with Crippen molar-refractivity contribution < 1.29 is 9.84 Å². The van der Waals surface area contributed by atoms with Gasteiger partial charge in [0.05, 0.1) is 13.2 Å². The van der Waals surface area contributed by atoms with E-state index in [9.17, 15) is 0 Å². The van der Waals surface area contributed by atoms with Crippen LogP contribution in [0.2, 0.25) is 5.02 Å². The standard InChI is InChI=1S/C11H16ClNO2/c1-8-6-9(12)2-3-11(8)15-5-4-10(13)7-14/h2-3,6,10,14H,4-5,7,13H2,1H3. The number of rotatable bonds is 5. The molecule has 0 amide bonds. The second-order valence-corrected chi connectivity index (χ2v) is 3.93. The number of aliphatic hydroxyl groups excluding tert-OH is 1. The lowest BCUT2D eigenvalue weighted by Gasteiger charge is -2.11. The lowest BCUT2D eigenvalue weighted by molar-refractivity contribution is 0.230. The van der Waals surface area contributed by atoms with Gasteiger partial charge in [-0.25, -0.2) is 0 Å². The van der Waals surface area contributed by atoms with Crippen LogP contribution in [0.5, 0.6) is 5.75 Å². The summed E-state index contributed by atoms with van der Waals surface area (Å²) in [4.78, 5) is 0. The minimum atomic E-state index is -0.211. The molecule has 3 nitrogen and oxygen atoms in total. The Morgan fingerprint density at radius 3 is 2.87 bits per heavy atom. The number of aliphatic hydroxyl groups is 1. The lowest BCUT2D eigenvalue weighted by atomic mass is 10.2. The molecule has 15 heavy (non-hydrogen) atoms. The van der Waals surface area contributed by atoms with Gasteiger partial charge in [-0.3, -0.25) is 0 Å². The van der Waals surface area contributed by atoms with Gasteiger partial charge < -0.3 is 15.6 Å². The maximum Gasteiger partial charge on any atom is 0.122 e. The number of nitrogens with two attached hydrogens (primary N) is 1. The Morgan fingerprint density at radius 2 is 2.27 bits per heavy atom. The van der Waals surface area contributed by atoms with Crippen LogP contribution in [0.25, 0.3) is 0 Å². The molecule has 1 aromatic carbocycles. The maximum atomic E-state index is 8.72. The molecule has 3 N–H and O–H groups in total. The molecule has 0 aliphatic heterocycles. The minimum Gasteiger partial charge on any atom is -0.493 e. The SMILES string of the molecule is Cc1cc(Cl)ccc1OCCC(N)CO. The Bertz CT molecular complexity index is 317. The molecule has 84 valence electrons. The van der Waals surface area contributed by atoms with Gasteiger partial charge in [0.1, 0.15) is 5.75 Å². The van der Waals surface area contributed by atoms with Gasteiger partial charge in [0.15, 0.2) is 0 Å². The van der Waals surface area contributed by atoms with Crippen molar-refractivity contribution >= 4 is 11.6 Å². The van der Waals surface area contributed by atoms with Crippen molar-refractivity contribution in [2.45, 2.75) is 19.4 Å². The number of benzene rings is 1. The fourth-order valence-corrected chi connectivity index (χ4v) is 1.41. The third-order valence-corrected chi connectivity index (χ3v) is 2.35. The summed E-state index contributed by atoms with van der Waals surface area (Å²) in [6, 6.07) is 5.26. The van der Waals surface area contributed by atoms with Crippen LogP contribution in [-0.4, -0.2) is 24.4 Å². The quantitative estimate of drug-likeness (QED) is 0.809. The van der Waals surface area contributed by atoms with E-state index in [0.717, 1.165) is 11.3 Å². The second kappa shape index (κ2) is 5.95. The fraction of sp³-hybridized carbons (Fsp3) is 0.455. The highest BCUT2D eigenvalue weighted by Crippen LogP contribution is 2.21. The van der Waals surface area contributed by atoms with Gasteiger partial charge in [-0.05, 0) is 37.1 Å². The first-order chi connectivity index (χ1) is 7.13. The summed E-state index contributed by atoms with van der Waals surface area (Å²) < 4.78 is 5.51. The molecule has 1 unspecified atom stereocenters. The smallest absolute Gasteiger partial charge is 0.122 e. The van der Waals surface area contributed by atoms with Crippen LogP contribution < -0.4 is 10.5 Å². The van der Waals surface area contributed by atoms with Crippen LogP contribution in [0, 0.1) is 6.92 Å². The van der Waals surface area contributed by atoms with Crippen LogP contribution in [0.15, 0.2) is 18.2 Å². The summed E-state index contributed by atoms with van der Waals surface area (Å²) in [5.41, 5.74) is 6.55. The van der Waals surface area contributed by atoms with Crippen LogP contribution in [0.1, 0.15) is 12.0 Å². The van der Waals surface area contributed by atoms with Gasteiger partial charge >= 0.3 is 0 Å². The van der Waals surface area contributed by atoms with Gasteiger partial charge in [0.25, 0.3) is 0 Å². The first-order valence-corrected chi connectivity index (χ1v) is 5.26. The van der Waals surface area contributed by atoms with Gasteiger partial charge in [0.2, 0.25) is 0 Å². The second-order valence-electron chi connectivity index (χ2n) is 3.49. The van der Waals surface area contributed by atoms with E-state index in [0.29, 0.717) is 18.1 Å². The highest BCUT2D eigenvalue weighted by atomic mass is 35.5. The third-order valence-electron chi connectivity index (χ3n) is 2.12. The van der Waals surface area contributed by atoms with Gasteiger partial charge in [-0.2, -0.15) is 0 Å². The first-order valence-electron chi connectivity index (χ1n) is 4.89. The predicted octanol–water partition coefficient (Wildman–Crippen LogP) is 1.74. The van der Waals surface area contributed by atoms with E-state index in [-0.39, 0.29) is 12.6 Å². The van der Waals surface area contributed by atoms with E-state index in [1.54, 1.807) is 6.07 Å². The van der Waals surface area contributed by atoms with E-state index >= 15 is 0 Å². The Morgan fingerprint density at radius 1 is 1.53 bits per heavy atom. The molecule has 0 aliphatic rings. The Labute approximate surface area is 94.8 Å². The molecule has 0 spiro atoms. The van der Waals surface area contributed by atoms with Gasteiger partial charge in [-0.15, -0.1) is 0 Å². The van der Waals surface area contributed by atoms with Gasteiger partial charge in [-0.1, -0.05) is 11.6 Å². The third kappa shape index (κ3) is 4.08. The van der Waals surface area contributed by atoms with Crippen molar-refractivity contribution in [2.75, 3.05) is 13.2 Å². The van der Waals surface area contributed by atoms with Crippen molar-refractivity contribution in [1.82, 2.24) is 0 Å². The molecule has 0 heterocycles. The van der Waals surface area contributed by atoms with E-state index in [1.165, 1.54) is 0 Å². The molecule has 4 heteroatoms. The number of aryl methyl sites for hydroxylation is 1. The summed E-state index contributed by atoms with van der Waals surface area (Å²) in [7, 11) is 0. The van der Waals surface area contributed by atoms with Crippen molar-refractivity contribution in [1.29, 1.82) is 0 Å².